The molecule has 0 aliphatic carbocycles. The quantitative estimate of drug-likeness (QED) is 0.201. The Hall–Kier alpha value is -4.27. The predicted molar refractivity (Wildman–Crippen MR) is 117 cm³/mol. The first-order chi connectivity index (χ1) is 16.1. The van der Waals surface area contributed by atoms with Crippen LogP contribution in [0.25, 0.3) is 5.82 Å². The van der Waals surface area contributed by atoms with Crippen LogP contribution in [0, 0.1) is 0 Å². The summed E-state index contributed by atoms with van der Waals surface area (Å²) in [5, 5.41) is 27.8. The second-order valence-electron chi connectivity index (χ2n) is 6.48. The van der Waals surface area contributed by atoms with E-state index in [-0.39, 0.29) is 23.1 Å². The molecule has 0 unspecified atom stereocenters. The fourth-order valence-electron chi connectivity index (χ4n) is 2.69. The number of nitrogens with two attached hydrogens (primary N) is 1. The van der Waals surface area contributed by atoms with Crippen LogP contribution in [0.15, 0.2) is 45.5 Å². The fraction of sp³-hybridized carbons (Fsp3) is 0.222. The van der Waals surface area contributed by atoms with Crippen LogP contribution >= 0.6 is 11.8 Å². The molecule has 3 aromatic heterocycles. The zero-order valence-corrected chi connectivity index (χ0v) is 18.4. The number of rotatable bonds is 9. The van der Waals surface area contributed by atoms with Crippen LogP contribution in [-0.2, 0) is 12.8 Å². The van der Waals surface area contributed by atoms with Crippen LogP contribution in [0.3, 0.4) is 0 Å². The van der Waals surface area contributed by atoms with Gasteiger partial charge in [-0.15, -0.1) is 15.3 Å². The van der Waals surface area contributed by atoms with Crippen LogP contribution in [0.2, 0.25) is 0 Å². The molecule has 170 valence electrons. The molecule has 4 aromatic rings. The highest BCUT2D eigenvalue weighted by Gasteiger charge is 2.24. The number of carbonyl (C=O) groups excluding carboxylic acids is 1. The van der Waals surface area contributed by atoms with Gasteiger partial charge in [0, 0.05) is 12.8 Å². The van der Waals surface area contributed by atoms with Gasteiger partial charge in [-0.1, -0.05) is 17.0 Å². The van der Waals surface area contributed by atoms with E-state index in [0.29, 0.717) is 17.5 Å². The SMILES string of the molecule is CCOc1ccc(/C=N/NC(=O)c2nnn(-c3nonc3N)c2CSc2nncn2C)cc1. The molecule has 0 aliphatic heterocycles. The fourth-order valence-corrected chi connectivity index (χ4v) is 3.57. The maximum Gasteiger partial charge on any atom is 0.293 e. The highest BCUT2D eigenvalue weighted by Crippen LogP contribution is 2.24. The first-order valence-corrected chi connectivity index (χ1v) is 10.6. The molecule has 0 spiro atoms. The first kappa shape index (κ1) is 21.9. The molecule has 0 radical (unpaired) electrons. The van der Waals surface area contributed by atoms with E-state index in [1.807, 2.05) is 31.2 Å². The number of benzene rings is 1. The predicted octanol–water partition coefficient (Wildman–Crippen LogP) is 0.816. The van der Waals surface area contributed by atoms with Gasteiger partial charge in [-0.3, -0.25) is 4.79 Å². The van der Waals surface area contributed by atoms with Crippen molar-refractivity contribution in [3.05, 3.63) is 47.5 Å². The molecule has 0 fully saturated rings. The van der Waals surface area contributed by atoms with Crippen molar-refractivity contribution < 1.29 is 14.2 Å². The zero-order valence-electron chi connectivity index (χ0n) is 17.6. The summed E-state index contributed by atoms with van der Waals surface area (Å²) in [7, 11) is 1.81. The number of aromatic nitrogens is 8. The van der Waals surface area contributed by atoms with Crippen LogP contribution in [0.4, 0.5) is 5.82 Å². The number of ether oxygens (including phenoxy) is 1. The van der Waals surface area contributed by atoms with Crippen molar-refractivity contribution in [1.82, 2.24) is 45.5 Å². The van der Waals surface area contributed by atoms with E-state index in [1.54, 1.807) is 17.9 Å². The van der Waals surface area contributed by atoms with Crippen molar-refractivity contribution in [3.63, 3.8) is 0 Å². The molecule has 0 atom stereocenters. The third kappa shape index (κ3) is 4.98. The summed E-state index contributed by atoms with van der Waals surface area (Å²) in [5.74, 6) is 0.573. The van der Waals surface area contributed by atoms with E-state index in [0.717, 1.165) is 11.3 Å². The number of aryl methyl sites for hydroxylation is 1. The van der Waals surface area contributed by atoms with Crippen molar-refractivity contribution in [2.75, 3.05) is 12.3 Å². The molecule has 4 rings (SSSR count). The lowest BCUT2D eigenvalue weighted by atomic mass is 10.2. The highest BCUT2D eigenvalue weighted by molar-refractivity contribution is 7.98. The Kier molecular flexibility index (Phi) is 6.58. The molecule has 0 saturated heterocycles. The van der Waals surface area contributed by atoms with Crippen LogP contribution in [0.5, 0.6) is 5.75 Å². The molecule has 1 aromatic carbocycles. The van der Waals surface area contributed by atoms with Gasteiger partial charge in [-0.25, -0.2) is 10.1 Å². The van der Waals surface area contributed by atoms with Gasteiger partial charge in [0.25, 0.3) is 5.91 Å². The molecule has 3 N–H and O–H groups in total. The van der Waals surface area contributed by atoms with E-state index < -0.39 is 5.91 Å². The molecule has 0 aliphatic rings. The number of nitrogen functional groups attached to an aromatic ring is 1. The van der Waals surface area contributed by atoms with Gasteiger partial charge in [0.1, 0.15) is 12.1 Å². The Morgan fingerprint density at radius 2 is 2.12 bits per heavy atom. The van der Waals surface area contributed by atoms with Crippen molar-refractivity contribution >= 4 is 29.7 Å². The van der Waals surface area contributed by atoms with E-state index in [2.05, 4.69) is 46.0 Å². The Morgan fingerprint density at radius 3 is 2.79 bits per heavy atom. The Morgan fingerprint density at radius 1 is 1.30 bits per heavy atom. The summed E-state index contributed by atoms with van der Waals surface area (Å²) < 4.78 is 13.1. The molecule has 15 heteroatoms. The maximum absolute atomic E-state index is 12.8. The lowest BCUT2D eigenvalue weighted by molar-refractivity contribution is 0.0949. The zero-order chi connectivity index (χ0) is 23.2. The molecule has 14 nitrogen and oxygen atoms in total. The Bertz CT molecular complexity index is 1260. The average molecular weight is 469 g/mol. The van der Waals surface area contributed by atoms with Gasteiger partial charge >= 0.3 is 0 Å². The van der Waals surface area contributed by atoms with E-state index in [9.17, 15) is 4.79 Å². The van der Waals surface area contributed by atoms with Gasteiger partial charge in [-0.2, -0.15) is 9.78 Å². The summed E-state index contributed by atoms with van der Waals surface area (Å²) in [6.45, 7) is 2.49. The minimum absolute atomic E-state index is 0.00490. The second-order valence-corrected chi connectivity index (χ2v) is 7.43. The van der Waals surface area contributed by atoms with Crippen molar-refractivity contribution in [2.45, 2.75) is 17.8 Å². The number of thioether (sulfide) groups is 1. The number of hydrazone groups is 1. The van der Waals surface area contributed by atoms with Gasteiger partial charge in [0.05, 0.1) is 18.5 Å². The summed E-state index contributed by atoms with van der Waals surface area (Å²) in [6, 6.07) is 7.27. The smallest absolute Gasteiger partial charge is 0.293 e. The number of hydrogen-bond acceptors (Lipinski definition) is 12. The molecule has 3 heterocycles. The average Bonchev–Trinajstić information content (AvgIpc) is 3.53. The summed E-state index contributed by atoms with van der Waals surface area (Å²) in [4.78, 5) is 12.8. The lowest BCUT2D eigenvalue weighted by Crippen LogP contribution is -2.20. The van der Waals surface area contributed by atoms with Gasteiger partial charge < -0.3 is 15.0 Å². The van der Waals surface area contributed by atoms with Crippen molar-refractivity contribution in [3.8, 4) is 11.6 Å². The number of nitrogens with zero attached hydrogens (tertiary/aromatic N) is 9. The first-order valence-electron chi connectivity index (χ1n) is 9.62. The molecule has 33 heavy (non-hydrogen) atoms. The van der Waals surface area contributed by atoms with Crippen LogP contribution in [-0.4, -0.2) is 58.8 Å². The van der Waals surface area contributed by atoms with Crippen molar-refractivity contribution in [1.29, 1.82) is 0 Å². The number of anilines is 1. The standard InChI is InChI=1S/C18H19N11O3S/c1-3-31-12-6-4-11(5-7-12)8-20-23-17(30)14-13(9-33-18-24-21-10-28(18)2)29(27-22-14)16-15(19)25-32-26-16/h4-8,10H,3,9H2,1-2H3,(H2,19,25)(H,23,30)/b20-8+. The van der Waals surface area contributed by atoms with Crippen LogP contribution in [0.1, 0.15) is 28.7 Å². The summed E-state index contributed by atoms with van der Waals surface area (Å²) in [5.41, 5.74) is 9.47. The van der Waals surface area contributed by atoms with Crippen molar-refractivity contribution in [2.24, 2.45) is 12.1 Å². The maximum atomic E-state index is 12.8. The van der Waals surface area contributed by atoms with E-state index in [1.165, 1.54) is 22.7 Å². The summed E-state index contributed by atoms with van der Waals surface area (Å²) in [6.07, 6.45) is 3.08. The molecular weight excluding hydrogens is 450 g/mol. The third-order valence-corrected chi connectivity index (χ3v) is 5.30. The Labute approximate surface area is 191 Å². The molecule has 0 bridgehead atoms. The minimum Gasteiger partial charge on any atom is -0.494 e. The number of amides is 1. The molecule has 0 saturated carbocycles. The van der Waals surface area contributed by atoms with E-state index >= 15 is 0 Å². The normalized spacial score (nSPS) is 11.2. The molecular formula is C18H19N11O3S. The van der Waals surface area contributed by atoms with E-state index in [4.69, 9.17) is 10.5 Å². The minimum atomic E-state index is -0.563. The second kappa shape index (κ2) is 9.90. The van der Waals surface area contributed by atoms with Gasteiger partial charge in [-0.05, 0) is 47.1 Å². The number of nitrogens with one attached hydrogen (secondary N) is 1. The van der Waals surface area contributed by atoms with Crippen LogP contribution < -0.4 is 15.9 Å². The van der Waals surface area contributed by atoms with Gasteiger partial charge in [0.15, 0.2) is 10.9 Å². The monoisotopic (exact) mass is 469 g/mol. The molecule has 1 amide bonds. The lowest BCUT2D eigenvalue weighted by Gasteiger charge is -2.05. The van der Waals surface area contributed by atoms with Gasteiger partial charge in [0.2, 0.25) is 11.6 Å². The number of carbonyl (C=O) groups is 1. The third-order valence-electron chi connectivity index (χ3n) is 4.25. The Balaban J connectivity index is 1.53. The number of hydrogen-bond donors (Lipinski definition) is 2. The topological polar surface area (TPSA) is 177 Å². The summed E-state index contributed by atoms with van der Waals surface area (Å²) >= 11 is 1.32. The largest absolute Gasteiger partial charge is 0.494 e. The highest BCUT2D eigenvalue weighted by atomic mass is 32.2.